The van der Waals surface area contributed by atoms with Gasteiger partial charge < -0.3 is 9.88 Å². The Bertz CT molecular complexity index is 971. The molecule has 1 unspecified atom stereocenters. The Hall–Kier alpha value is -2.67. The van der Waals surface area contributed by atoms with Crippen LogP contribution in [0.3, 0.4) is 0 Å². The molecule has 2 aromatic heterocycles. The Morgan fingerprint density at radius 1 is 1.14 bits per heavy atom. The Kier molecular flexibility index (Phi) is 7.04. The maximum absolute atomic E-state index is 12.5. The fourth-order valence-corrected chi connectivity index (χ4v) is 3.84. The third-order valence-corrected chi connectivity index (χ3v) is 5.81. The third-order valence-electron chi connectivity index (χ3n) is 4.84. The maximum atomic E-state index is 12.5. The van der Waals surface area contributed by atoms with Gasteiger partial charge in [-0.2, -0.15) is 0 Å². The van der Waals surface area contributed by atoms with Gasteiger partial charge in [-0.15, -0.1) is 10.2 Å². The normalized spacial score (nSPS) is 12.0. The first-order chi connectivity index (χ1) is 14.0. The number of pyridine rings is 1. The lowest BCUT2D eigenvalue weighted by Gasteiger charge is -2.15. The van der Waals surface area contributed by atoms with Gasteiger partial charge in [0, 0.05) is 24.5 Å². The van der Waals surface area contributed by atoms with E-state index in [0.29, 0.717) is 5.75 Å². The highest BCUT2D eigenvalue weighted by atomic mass is 32.2. The molecular formula is C22H27N5OS. The smallest absolute Gasteiger partial charge is 0.230 e. The van der Waals surface area contributed by atoms with Crippen LogP contribution in [0.1, 0.15) is 43.0 Å². The second-order valence-electron chi connectivity index (χ2n) is 7.12. The van der Waals surface area contributed by atoms with Crippen molar-refractivity contribution >= 4 is 17.7 Å². The second-order valence-corrected chi connectivity index (χ2v) is 8.06. The molecule has 0 aliphatic heterocycles. The van der Waals surface area contributed by atoms with Crippen LogP contribution in [-0.4, -0.2) is 31.4 Å². The molecule has 1 amide bonds. The van der Waals surface area contributed by atoms with E-state index in [1.165, 1.54) is 22.9 Å². The first kappa shape index (κ1) is 21.0. The molecule has 1 atom stereocenters. The number of hydrogen-bond donors (Lipinski definition) is 1. The third kappa shape index (κ3) is 5.23. The molecule has 1 N–H and O–H groups in total. The van der Waals surface area contributed by atoms with Gasteiger partial charge >= 0.3 is 0 Å². The largest absolute Gasteiger partial charge is 0.349 e. The lowest BCUT2D eigenvalue weighted by molar-refractivity contribution is -0.119. The average Bonchev–Trinajstić information content (AvgIpc) is 3.12. The number of thioether (sulfide) groups is 1. The molecule has 6 nitrogen and oxygen atoms in total. The number of amides is 1. The molecule has 0 bridgehead atoms. The van der Waals surface area contributed by atoms with Crippen LogP contribution in [0.2, 0.25) is 0 Å². The van der Waals surface area contributed by atoms with E-state index in [0.717, 1.165) is 35.1 Å². The first-order valence-corrected chi connectivity index (χ1v) is 10.8. The quantitative estimate of drug-likeness (QED) is 0.561. The number of benzene rings is 1. The Morgan fingerprint density at radius 3 is 2.59 bits per heavy atom. The van der Waals surface area contributed by atoms with Crippen molar-refractivity contribution in [2.75, 3.05) is 5.75 Å². The lowest BCUT2D eigenvalue weighted by Crippen LogP contribution is -2.28. The molecule has 29 heavy (non-hydrogen) atoms. The van der Waals surface area contributed by atoms with Crippen molar-refractivity contribution in [3.63, 3.8) is 0 Å². The summed E-state index contributed by atoms with van der Waals surface area (Å²) in [5.74, 6) is 1.09. The molecule has 0 aliphatic rings. The van der Waals surface area contributed by atoms with Gasteiger partial charge in [0.05, 0.1) is 11.8 Å². The molecule has 0 fully saturated rings. The van der Waals surface area contributed by atoms with E-state index >= 15 is 0 Å². The monoisotopic (exact) mass is 409 g/mol. The minimum Gasteiger partial charge on any atom is -0.349 e. The maximum Gasteiger partial charge on any atom is 0.230 e. The van der Waals surface area contributed by atoms with Crippen molar-refractivity contribution in [3.8, 4) is 11.4 Å². The molecule has 0 saturated carbocycles. The standard InChI is InChI=1S/C22H27N5OS/c1-5-12-27-21(18-8-10-23-11-9-18)25-26-22(27)29-14-20(28)24-17(4)19-7-6-15(2)16(3)13-19/h6-11,13,17H,5,12,14H2,1-4H3,(H,24,28). The van der Waals surface area contributed by atoms with Gasteiger partial charge in [0.25, 0.3) is 0 Å². The average molecular weight is 410 g/mol. The summed E-state index contributed by atoms with van der Waals surface area (Å²) in [6.07, 6.45) is 4.45. The van der Waals surface area contributed by atoms with E-state index in [2.05, 4.69) is 64.0 Å². The SMILES string of the molecule is CCCn1c(SCC(=O)NC(C)c2ccc(C)c(C)c2)nnc1-c1ccncc1. The van der Waals surface area contributed by atoms with Crippen molar-refractivity contribution in [1.82, 2.24) is 25.1 Å². The summed E-state index contributed by atoms with van der Waals surface area (Å²) in [4.78, 5) is 16.6. The predicted molar refractivity (Wildman–Crippen MR) is 117 cm³/mol. The number of aromatic nitrogens is 4. The molecule has 0 radical (unpaired) electrons. The number of carbonyl (C=O) groups excluding carboxylic acids is 1. The van der Waals surface area contributed by atoms with Gasteiger partial charge in [-0.05, 0) is 56.0 Å². The van der Waals surface area contributed by atoms with Crippen LogP contribution < -0.4 is 5.32 Å². The van der Waals surface area contributed by atoms with Crippen LogP contribution in [0, 0.1) is 13.8 Å². The van der Waals surface area contributed by atoms with Crippen LogP contribution in [0.25, 0.3) is 11.4 Å². The molecule has 3 rings (SSSR count). The highest BCUT2D eigenvalue weighted by molar-refractivity contribution is 7.99. The van der Waals surface area contributed by atoms with E-state index < -0.39 is 0 Å². The summed E-state index contributed by atoms with van der Waals surface area (Å²) in [7, 11) is 0. The highest BCUT2D eigenvalue weighted by Gasteiger charge is 2.16. The zero-order valence-corrected chi connectivity index (χ0v) is 18.2. The van der Waals surface area contributed by atoms with Crippen LogP contribution in [-0.2, 0) is 11.3 Å². The van der Waals surface area contributed by atoms with Gasteiger partial charge in [0.2, 0.25) is 5.91 Å². The van der Waals surface area contributed by atoms with E-state index in [9.17, 15) is 4.79 Å². The van der Waals surface area contributed by atoms with Crippen molar-refractivity contribution in [2.45, 2.75) is 51.9 Å². The molecule has 152 valence electrons. The van der Waals surface area contributed by atoms with Crippen molar-refractivity contribution in [3.05, 3.63) is 59.4 Å². The fraction of sp³-hybridized carbons (Fsp3) is 0.364. The Balaban J connectivity index is 1.65. The Morgan fingerprint density at radius 2 is 1.90 bits per heavy atom. The summed E-state index contributed by atoms with van der Waals surface area (Å²) in [6, 6.07) is 10.1. The van der Waals surface area contributed by atoms with Crippen LogP contribution in [0.15, 0.2) is 47.9 Å². The summed E-state index contributed by atoms with van der Waals surface area (Å²) >= 11 is 1.42. The van der Waals surface area contributed by atoms with Gasteiger partial charge in [0.1, 0.15) is 0 Å². The number of carbonyl (C=O) groups is 1. The molecule has 0 saturated heterocycles. The summed E-state index contributed by atoms with van der Waals surface area (Å²) in [5, 5.41) is 12.5. The molecule has 7 heteroatoms. The minimum atomic E-state index is -0.0386. The summed E-state index contributed by atoms with van der Waals surface area (Å²) < 4.78 is 2.07. The van der Waals surface area contributed by atoms with Crippen molar-refractivity contribution in [2.24, 2.45) is 0 Å². The number of aryl methyl sites for hydroxylation is 2. The second kappa shape index (κ2) is 9.69. The molecule has 1 aromatic carbocycles. The van der Waals surface area contributed by atoms with Crippen molar-refractivity contribution in [1.29, 1.82) is 0 Å². The van der Waals surface area contributed by atoms with Crippen LogP contribution in [0.5, 0.6) is 0 Å². The number of nitrogens with one attached hydrogen (secondary N) is 1. The fourth-order valence-electron chi connectivity index (χ4n) is 3.07. The zero-order valence-electron chi connectivity index (χ0n) is 17.3. The lowest BCUT2D eigenvalue weighted by atomic mass is 10.0. The van der Waals surface area contributed by atoms with Crippen LogP contribution in [0.4, 0.5) is 0 Å². The van der Waals surface area contributed by atoms with E-state index in [1.807, 2.05) is 19.1 Å². The first-order valence-electron chi connectivity index (χ1n) is 9.82. The van der Waals surface area contributed by atoms with Gasteiger partial charge in [-0.25, -0.2) is 0 Å². The molecular weight excluding hydrogens is 382 g/mol. The molecule has 0 spiro atoms. The number of hydrogen-bond acceptors (Lipinski definition) is 5. The molecule has 3 aromatic rings. The van der Waals surface area contributed by atoms with Gasteiger partial charge in [-0.1, -0.05) is 36.9 Å². The van der Waals surface area contributed by atoms with Crippen molar-refractivity contribution < 1.29 is 4.79 Å². The highest BCUT2D eigenvalue weighted by Crippen LogP contribution is 2.24. The molecule has 0 aliphatic carbocycles. The Labute approximate surface area is 176 Å². The van der Waals surface area contributed by atoms with E-state index in [4.69, 9.17) is 0 Å². The molecule has 2 heterocycles. The van der Waals surface area contributed by atoms with Gasteiger partial charge in [-0.3, -0.25) is 9.78 Å². The number of rotatable bonds is 8. The summed E-state index contributed by atoms with van der Waals surface area (Å²) in [6.45, 7) is 9.10. The van der Waals surface area contributed by atoms with Crippen LogP contribution >= 0.6 is 11.8 Å². The van der Waals surface area contributed by atoms with E-state index in [-0.39, 0.29) is 11.9 Å². The number of nitrogens with zero attached hydrogens (tertiary/aromatic N) is 4. The van der Waals surface area contributed by atoms with E-state index in [1.54, 1.807) is 12.4 Å². The minimum absolute atomic E-state index is 0.0164. The predicted octanol–water partition coefficient (Wildman–Crippen LogP) is 4.34. The summed E-state index contributed by atoms with van der Waals surface area (Å²) in [5.41, 5.74) is 4.57. The van der Waals surface area contributed by atoms with Gasteiger partial charge in [0.15, 0.2) is 11.0 Å². The zero-order chi connectivity index (χ0) is 20.8. The topological polar surface area (TPSA) is 72.7 Å².